The number of aromatic nitrogens is 4. The SMILES string of the molecule is Cc1cc(-n2ccnc2-c2cccc(N)c2)ncn1. The highest BCUT2D eigenvalue weighted by molar-refractivity contribution is 5.62. The first-order chi connectivity index (χ1) is 9.24. The maximum Gasteiger partial charge on any atom is 0.145 e. The van der Waals surface area contributed by atoms with Crippen LogP contribution >= 0.6 is 0 Å². The van der Waals surface area contributed by atoms with Crippen LogP contribution in [0.4, 0.5) is 5.69 Å². The third-order valence-electron chi connectivity index (χ3n) is 2.82. The number of benzene rings is 1. The maximum absolute atomic E-state index is 5.81. The van der Waals surface area contributed by atoms with E-state index in [0.717, 1.165) is 22.9 Å². The van der Waals surface area contributed by atoms with Crippen LogP contribution in [0.3, 0.4) is 0 Å². The summed E-state index contributed by atoms with van der Waals surface area (Å²) in [5.74, 6) is 1.60. The number of anilines is 1. The van der Waals surface area contributed by atoms with Gasteiger partial charge in [0, 0.05) is 35.4 Å². The van der Waals surface area contributed by atoms with E-state index in [1.807, 2.05) is 48.0 Å². The summed E-state index contributed by atoms with van der Waals surface area (Å²) in [4.78, 5) is 12.8. The van der Waals surface area contributed by atoms with Crippen molar-refractivity contribution in [3.8, 4) is 17.2 Å². The molecule has 2 aromatic heterocycles. The van der Waals surface area contributed by atoms with Crippen molar-refractivity contribution in [2.45, 2.75) is 6.92 Å². The molecule has 3 aromatic rings. The Morgan fingerprint density at radius 1 is 1.11 bits per heavy atom. The van der Waals surface area contributed by atoms with Crippen molar-refractivity contribution in [1.29, 1.82) is 0 Å². The van der Waals surface area contributed by atoms with Gasteiger partial charge in [0.2, 0.25) is 0 Å². The van der Waals surface area contributed by atoms with E-state index >= 15 is 0 Å². The van der Waals surface area contributed by atoms with Crippen LogP contribution in [-0.2, 0) is 0 Å². The Bertz CT molecular complexity index is 657. The van der Waals surface area contributed by atoms with E-state index < -0.39 is 0 Å². The molecule has 0 aliphatic carbocycles. The van der Waals surface area contributed by atoms with Gasteiger partial charge in [0.15, 0.2) is 0 Å². The number of nitrogen functional groups attached to an aromatic ring is 1. The van der Waals surface area contributed by atoms with Crippen LogP contribution in [-0.4, -0.2) is 19.5 Å². The number of hydrogen-bond donors (Lipinski definition) is 1. The van der Waals surface area contributed by atoms with Crippen LogP contribution in [0.1, 0.15) is 5.69 Å². The molecule has 94 valence electrons. The van der Waals surface area contributed by atoms with Gasteiger partial charge in [-0.15, -0.1) is 0 Å². The largest absolute Gasteiger partial charge is 0.399 e. The summed E-state index contributed by atoms with van der Waals surface area (Å²) in [5, 5.41) is 0. The summed E-state index contributed by atoms with van der Waals surface area (Å²) in [5.41, 5.74) is 8.40. The molecule has 2 heterocycles. The Hall–Kier alpha value is -2.69. The van der Waals surface area contributed by atoms with Crippen molar-refractivity contribution >= 4 is 5.69 Å². The van der Waals surface area contributed by atoms with Gasteiger partial charge in [-0.2, -0.15) is 0 Å². The van der Waals surface area contributed by atoms with E-state index in [0.29, 0.717) is 5.69 Å². The quantitative estimate of drug-likeness (QED) is 0.709. The molecule has 0 unspecified atom stereocenters. The zero-order valence-electron chi connectivity index (χ0n) is 10.5. The molecule has 0 aliphatic rings. The van der Waals surface area contributed by atoms with Crippen molar-refractivity contribution in [3.05, 3.63) is 54.7 Å². The van der Waals surface area contributed by atoms with E-state index in [4.69, 9.17) is 5.73 Å². The Morgan fingerprint density at radius 2 is 2.00 bits per heavy atom. The van der Waals surface area contributed by atoms with Gasteiger partial charge in [0.25, 0.3) is 0 Å². The zero-order valence-corrected chi connectivity index (χ0v) is 10.5. The number of nitrogens with zero attached hydrogens (tertiary/aromatic N) is 4. The van der Waals surface area contributed by atoms with E-state index in [1.54, 1.807) is 12.5 Å². The average Bonchev–Trinajstić information content (AvgIpc) is 2.88. The predicted octanol–water partition coefficient (Wildman–Crippen LogP) is 2.22. The minimum absolute atomic E-state index is 0.714. The average molecular weight is 251 g/mol. The second-order valence-corrected chi connectivity index (χ2v) is 4.26. The van der Waals surface area contributed by atoms with Crippen LogP contribution in [0.5, 0.6) is 0 Å². The Labute approximate surface area is 110 Å². The van der Waals surface area contributed by atoms with Crippen LogP contribution in [0.2, 0.25) is 0 Å². The molecule has 1 aromatic carbocycles. The Morgan fingerprint density at radius 3 is 2.79 bits per heavy atom. The summed E-state index contributed by atoms with van der Waals surface area (Å²) in [6.07, 6.45) is 5.17. The molecule has 0 fully saturated rings. The number of imidazole rings is 1. The highest BCUT2D eigenvalue weighted by Crippen LogP contribution is 2.22. The highest BCUT2D eigenvalue weighted by atomic mass is 15.1. The lowest BCUT2D eigenvalue weighted by atomic mass is 10.2. The molecule has 3 rings (SSSR count). The first kappa shape index (κ1) is 11.4. The van der Waals surface area contributed by atoms with Gasteiger partial charge < -0.3 is 5.73 Å². The zero-order chi connectivity index (χ0) is 13.2. The number of aryl methyl sites for hydroxylation is 1. The lowest BCUT2D eigenvalue weighted by Crippen LogP contribution is -2.00. The van der Waals surface area contributed by atoms with Crippen molar-refractivity contribution in [2.75, 3.05) is 5.73 Å². The van der Waals surface area contributed by atoms with Gasteiger partial charge >= 0.3 is 0 Å². The highest BCUT2D eigenvalue weighted by Gasteiger charge is 2.09. The molecule has 0 radical (unpaired) electrons. The summed E-state index contributed by atoms with van der Waals surface area (Å²) in [6.45, 7) is 1.93. The number of nitrogens with two attached hydrogens (primary N) is 1. The second kappa shape index (κ2) is 4.53. The lowest BCUT2D eigenvalue weighted by molar-refractivity contribution is 0.963. The fraction of sp³-hybridized carbons (Fsp3) is 0.0714. The molecule has 0 spiro atoms. The van der Waals surface area contributed by atoms with E-state index in [1.165, 1.54) is 0 Å². The molecule has 0 atom stereocenters. The molecule has 0 aliphatic heterocycles. The third-order valence-corrected chi connectivity index (χ3v) is 2.82. The molecular formula is C14H13N5. The standard InChI is InChI=1S/C14H13N5/c1-10-7-13(18-9-17-10)19-6-5-16-14(19)11-3-2-4-12(15)8-11/h2-9H,15H2,1H3. The number of rotatable bonds is 2. The van der Waals surface area contributed by atoms with Gasteiger partial charge in [0.05, 0.1) is 0 Å². The summed E-state index contributed by atoms with van der Waals surface area (Å²) >= 11 is 0. The Kier molecular flexibility index (Phi) is 2.72. The monoisotopic (exact) mass is 251 g/mol. The predicted molar refractivity (Wildman–Crippen MR) is 73.7 cm³/mol. The molecule has 0 amide bonds. The van der Waals surface area contributed by atoms with Gasteiger partial charge in [-0.05, 0) is 19.1 Å². The van der Waals surface area contributed by atoms with E-state index in [-0.39, 0.29) is 0 Å². The van der Waals surface area contributed by atoms with Crippen LogP contribution in [0, 0.1) is 6.92 Å². The molecule has 0 bridgehead atoms. The number of hydrogen-bond acceptors (Lipinski definition) is 4. The molecular weight excluding hydrogens is 238 g/mol. The fourth-order valence-corrected chi connectivity index (χ4v) is 1.95. The Balaban J connectivity index is 2.13. The molecule has 0 saturated carbocycles. The fourth-order valence-electron chi connectivity index (χ4n) is 1.95. The van der Waals surface area contributed by atoms with E-state index in [2.05, 4.69) is 15.0 Å². The van der Waals surface area contributed by atoms with Crippen molar-refractivity contribution in [1.82, 2.24) is 19.5 Å². The molecule has 5 heteroatoms. The molecule has 2 N–H and O–H groups in total. The molecule has 0 saturated heterocycles. The van der Waals surface area contributed by atoms with Gasteiger partial charge in [0.1, 0.15) is 18.0 Å². The minimum atomic E-state index is 0.714. The third kappa shape index (κ3) is 2.18. The van der Waals surface area contributed by atoms with Crippen LogP contribution < -0.4 is 5.73 Å². The van der Waals surface area contributed by atoms with Crippen LogP contribution in [0.25, 0.3) is 17.2 Å². The van der Waals surface area contributed by atoms with Crippen molar-refractivity contribution in [2.24, 2.45) is 0 Å². The first-order valence-corrected chi connectivity index (χ1v) is 5.92. The molecule has 5 nitrogen and oxygen atoms in total. The van der Waals surface area contributed by atoms with Crippen LogP contribution in [0.15, 0.2) is 49.1 Å². The smallest absolute Gasteiger partial charge is 0.145 e. The van der Waals surface area contributed by atoms with Gasteiger partial charge in [-0.25, -0.2) is 15.0 Å². The summed E-state index contributed by atoms with van der Waals surface area (Å²) < 4.78 is 1.92. The van der Waals surface area contributed by atoms with Crippen molar-refractivity contribution in [3.63, 3.8) is 0 Å². The van der Waals surface area contributed by atoms with Crippen molar-refractivity contribution < 1.29 is 0 Å². The lowest BCUT2D eigenvalue weighted by Gasteiger charge is -2.07. The van der Waals surface area contributed by atoms with E-state index in [9.17, 15) is 0 Å². The maximum atomic E-state index is 5.81. The van der Waals surface area contributed by atoms with Gasteiger partial charge in [-0.3, -0.25) is 4.57 Å². The summed E-state index contributed by atoms with van der Waals surface area (Å²) in [6, 6.07) is 9.55. The normalized spacial score (nSPS) is 10.6. The van der Waals surface area contributed by atoms with Gasteiger partial charge in [-0.1, -0.05) is 12.1 Å². The summed E-state index contributed by atoms with van der Waals surface area (Å²) in [7, 11) is 0. The topological polar surface area (TPSA) is 69.6 Å². The molecule has 19 heavy (non-hydrogen) atoms. The second-order valence-electron chi connectivity index (χ2n) is 4.26. The first-order valence-electron chi connectivity index (χ1n) is 5.92. The minimum Gasteiger partial charge on any atom is -0.399 e.